The Kier molecular flexibility index (Phi) is 3.34. The lowest BCUT2D eigenvalue weighted by Gasteiger charge is -1.98. The van der Waals surface area contributed by atoms with Crippen LogP contribution in [0.25, 0.3) is 12.2 Å². The van der Waals surface area contributed by atoms with E-state index in [0.717, 1.165) is 0 Å². The van der Waals surface area contributed by atoms with Gasteiger partial charge in [0.1, 0.15) is 0 Å². The molecule has 12 heavy (non-hydrogen) atoms. The van der Waals surface area contributed by atoms with Crippen LogP contribution in [0, 0.1) is 0 Å². The van der Waals surface area contributed by atoms with Gasteiger partial charge in [0.25, 0.3) is 0 Å². The Hall–Kier alpha value is -1.30. The molecule has 1 aromatic rings. The van der Waals surface area contributed by atoms with Gasteiger partial charge in [-0.3, -0.25) is 0 Å². The topological polar surface area (TPSA) is 0 Å². The maximum absolute atomic E-state index is 2.12. The van der Waals surface area contributed by atoms with E-state index in [0.29, 0.717) is 0 Å². The van der Waals surface area contributed by atoms with E-state index in [4.69, 9.17) is 0 Å². The van der Waals surface area contributed by atoms with Gasteiger partial charge in [-0.25, -0.2) is 0 Å². The molecule has 0 aliphatic carbocycles. The molecule has 0 saturated carbocycles. The third-order valence-electron chi connectivity index (χ3n) is 1.69. The van der Waals surface area contributed by atoms with Gasteiger partial charge in [-0.05, 0) is 25.0 Å². The van der Waals surface area contributed by atoms with Crippen LogP contribution in [-0.2, 0) is 0 Å². The lowest BCUT2D eigenvalue weighted by atomic mass is 10.1. The largest absolute Gasteiger partial charge is 0.0870 e. The van der Waals surface area contributed by atoms with E-state index in [9.17, 15) is 0 Å². The van der Waals surface area contributed by atoms with Crippen molar-refractivity contribution in [2.24, 2.45) is 0 Å². The molecule has 0 radical (unpaired) electrons. The Morgan fingerprint density at radius 2 is 1.25 bits per heavy atom. The Balaban J connectivity index is 3.08. The first-order valence-electron chi connectivity index (χ1n) is 4.23. The summed E-state index contributed by atoms with van der Waals surface area (Å²) in [7, 11) is 0. The van der Waals surface area contributed by atoms with Crippen molar-refractivity contribution in [1.82, 2.24) is 0 Å². The van der Waals surface area contributed by atoms with Crippen molar-refractivity contribution < 1.29 is 0 Å². The molecule has 0 nitrogen and oxygen atoms in total. The summed E-state index contributed by atoms with van der Waals surface area (Å²) in [6, 6.07) is 8.36. The summed E-state index contributed by atoms with van der Waals surface area (Å²) in [4.78, 5) is 0. The summed E-state index contributed by atoms with van der Waals surface area (Å²) < 4.78 is 0. The van der Waals surface area contributed by atoms with Crippen LogP contribution in [0.1, 0.15) is 25.0 Å². The fourth-order valence-corrected chi connectivity index (χ4v) is 1.17. The minimum atomic E-state index is 1.28. The first kappa shape index (κ1) is 8.79. The molecule has 0 heterocycles. The molecule has 0 aromatic heterocycles. The van der Waals surface area contributed by atoms with Crippen molar-refractivity contribution in [3.63, 3.8) is 0 Å². The molecule has 1 rings (SSSR count). The van der Waals surface area contributed by atoms with E-state index < -0.39 is 0 Å². The van der Waals surface area contributed by atoms with E-state index in [1.54, 1.807) is 0 Å². The molecule has 62 valence electrons. The van der Waals surface area contributed by atoms with Crippen LogP contribution in [0.3, 0.4) is 0 Å². The summed E-state index contributed by atoms with van der Waals surface area (Å²) in [5, 5.41) is 0. The van der Waals surface area contributed by atoms with E-state index in [1.807, 2.05) is 13.8 Å². The lowest BCUT2D eigenvalue weighted by Crippen LogP contribution is -1.77. The SMILES string of the molecule is CC=Cc1ccccc1/C=C\C. The summed E-state index contributed by atoms with van der Waals surface area (Å²) in [5.41, 5.74) is 2.55. The molecule has 0 amide bonds. The standard InChI is InChI=1S/C12H14/c1-3-7-11-9-5-6-10-12(11)8-4-2/h3-10H,1-2H3/b7-3-,8-4?. The molecule has 0 unspecified atom stereocenters. The average molecular weight is 158 g/mol. The van der Waals surface area contributed by atoms with Gasteiger partial charge in [-0.15, -0.1) is 0 Å². The molecule has 0 N–H and O–H groups in total. The van der Waals surface area contributed by atoms with Crippen LogP contribution in [0.15, 0.2) is 36.4 Å². The van der Waals surface area contributed by atoms with Crippen molar-refractivity contribution in [1.29, 1.82) is 0 Å². The van der Waals surface area contributed by atoms with Crippen LogP contribution >= 0.6 is 0 Å². The number of allylic oxidation sites excluding steroid dienone is 2. The number of hydrogen-bond donors (Lipinski definition) is 0. The van der Waals surface area contributed by atoms with Gasteiger partial charge in [0.15, 0.2) is 0 Å². The second-order valence-electron chi connectivity index (χ2n) is 2.63. The quantitative estimate of drug-likeness (QED) is 0.615. The summed E-state index contributed by atoms with van der Waals surface area (Å²) in [6.07, 6.45) is 8.36. The van der Waals surface area contributed by atoms with Crippen molar-refractivity contribution in [3.05, 3.63) is 47.5 Å². The molecule has 0 spiro atoms. The van der Waals surface area contributed by atoms with E-state index >= 15 is 0 Å². The van der Waals surface area contributed by atoms with Gasteiger partial charge < -0.3 is 0 Å². The fourth-order valence-electron chi connectivity index (χ4n) is 1.17. The molecule has 0 fully saturated rings. The zero-order valence-electron chi connectivity index (χ0n) is 7.62. The maximum atomic E-state index is 2.12. The second-order valence-corrected chi connectivity index (χ2v) is 2.63. The zero-order chi connectivity index (χ0) is 8.81. The molecule has 0 saturated heterocycles. The predicted molar refractivity (Wildman–Crippen MR) is 55.9 cm³/mol. The summed E-state index contributed by atoms with van der Waals surface area (Å²) in [6.45, 7) is 4.07. The first-order chi connectivity index (χ1) is 5.88. The number of hydrogen-bond acceptors (Lipinski definition) is 0. The highest BCUT2D eigenvalue weighted by molar-refractivity contribution is 5.64. The average Bonchev–Trinajstić information content (AvgIpc) is 2.09. The normalized spacial score (nSPS) is 11.5. The molecular weight excluding hydrogens is 144 g/mol. The fraction of sp³-hybridized carbons (Fsp3) is 0.167. The lowest BCUT2D eigenvalue weighted by molar-refractivity contribution is 1.59. The molecule has 0 heteroatoms. The van der Waals surface area contributed by atoms with E-state index in [2.05, 4.69) is 48.6 Å². The highest BCUT2D eigenvalue weighted by atomic mass is 14.0. The third-order valence-corrected chi connectivity index (χ3v) is 1.69. The van der Waals surface area contributed by atoms with Gasteiger partial charge in [-0.2, -0.15) is 0 Å². The highest BCUT2D eigenvalue weighted by Crippen LogP contribution is 2.12. The van der Waals surface area contributed by atoms with Crippen molar-refractivity contribution in [3.8, 4) is 0 Å². The van der Waals surface area contributed by atoms with Gasteiger partial charge >= 0.3 is 0 Å². The second kappa shape index (κ2) is 4.55. The van der Waals surface area contributed by atoms with Crippen LogP contribution in [0.2, 0.25) is 0 Å². The van der Waals surface area contributed by atoms with Gasteiger partial charge in [-0.1, -0.05) is 48.6 Å². The Bertz CT molecular complexity index is 262. The van der Waals surface area contributed by atoms with Crippen LogP contribution in [0.5, 0.6) is 0 Å². The molecule has 0 aliphatic heterocycles. The number of benzene rings is 1. The van der Waals surface area contributed by atoms with Crippen LogP contribution in [-0.4, -0.2) is 0 Å². The molecule has 1 aromatic carbocycles. The van der Waals surface area contributed by atoms with Crippen molar-refractivity contribution in [2.75, 3.05) is 0 Å². The summed E-state index contributed by atoms with van der Waals surface area (Å²) in [5.74, 6) is 0. The Labute approximate surface area is 74.2 Å². The predicted octanol–water partition coefficient (Wildman–Crippen LogP) is 3.75. The van der Waals surface area contributed by atoms with E-state index in [1.165, 1.54) is 11.1 Å². The monoisotopic (exact) mass is 158 g/mol. The maximum Gasteiger partial charge on any atom is -0.0187 e. The van der Waals surface area contributed by atoms with Crippen LogP contribution < -0.4 is 0 Å². The van der Waals surface area contributed by atoms with Crippen LogP contribution in [0.4, 0.5) is 0 Å². The van der Waals surface area contributed by atoms with E-state index in [-0.39, 0.29) is 0 Å². The van der Waals surface area contributed by atoms with Gasteiger partial charge in [0.2, 0.25) is 0 Å². The Morgan fingerprint density at radius 3 is 1.58 bits per heavy atom. The minimum absolute atomic E-state index is 1.28. The molecule has 0 aliphatic rings. The van der Waals surface area contributed by atoms with Crippen molar-refractivity contribution in [2.45, 2.75) is 13.8 Å². The number of rotatable bonds is 2. The smallest absolute Gasteiger partial charge is 0.0187 e. The van der Waals surface area contributed by atoms with Crippen molar-refractivity contribution >= 4 is 12.2 Å². The molecule has 0 bridgehead atoms. The first-order valence-corrected chi connectivity index (χ1v) is 4.23. The van der Waals surface area contributed by atoms with Gasteiger partial charge in [0, 0.05) is 0 Å². The zero-order valence-corrected chi connectivity index (χ0v) is 7.62. The van der Waals surface area contributed by atoms with Gasteiger partial charge in [0.05, 0.1) is 0 Å². The minimum Gasteiger partial charge on any atom is -0.0870 e. The molecular formula is C12H14. The Morgan fingerprint density at radius 1 is 0.833 bits per heavy atom. The molecule has 0 atom stereocenters. The summed E-state index contributed by atoms with van der Waals surface area (Å²) >= 11 is 0. The third kappa shape index (κ3) is 2.09. The highest BCUT2D eigenvalue weighted by Gasteiger charge is 1.91.